The molecule has 92 valence electrons. The molecular formula is C12H15NO4. The highest BCUT2D eigenvalue weighted by molar-refractivity contribution is 5.95. The summed E-state index contributed by atoms with van der Waals surface area (Å²) in [5, 5.41) is 0. The van der Waals surface area contributed by atoms with Crippen molar-refractivity contribution in [2.45, 2.75) is 26.8 Å². The molecular weight excluding hydrogens is 222 g/mol. The zero-order valence-corrected chi connectivity index (χ0v) is 9.93. The Bertz CT molecular complexity index is 476. The van der Waals surface area contributed by atoms with E-state index in [4.69, 9.17) is 0 Å². The number of hydrogen-bond donors (Lipinski definition) is 0. The molecule has 0 aliphatic heterocycles. The Balaban J connectivity index is 2.69. The number of ether oxygens (including phenoxy) is 1. The van der Waals surface area contributed by atoms with Crippen molar-refractivity contribution in [1.29, 1.82) is 0 Å². The summed E-state index contributed by atoms with van der Waals surface area (Å²) < 4.78 is 6.00. The van der Waals surface area contributed by atoms with Crippen molar-refractivity contribution < 1.29 is 14.3 Å². The molecule has 1 aromatic heterocycles. The number of aromatic nitrogens is 1. The van der Waals surface area contributed by atoms with E-state index in [1.165, 1.54) is 10.6 Å². The molecule has 0 saturated heterocycles. The lowest BCUT2D eigenvalue weighted by Crippen LogP contribution is -2.26. The van der Waals surface area contributed by atoms with Gasteiger partial charge >= 0.3 is 5.97 Å². The van der Waals surface area contributed by atoms with E-state index in [2.05, 4.69) is 4.74 Å². The van der Waals surface area contributed by atoms with Gasteiger partial charge in [-0.15, -0.1) is 0 Å². The third-order valence-electron chi connectivity index (χ3n) is 2.25. The second-order valence-corrected chi connectivity index (χ2v) is 3.61. The zero-order valence-electron chi connectivity index (χ0n) is 9.93. The van der Waals surface area contributed by atoms with Crippen molar-refractivity contribution in [3.8, 4) is 0 Å². The van der Waals surface area contributed by atoms with Gasteiger partial charge in [-0.2, -0.15) is 0 Å². The van der Waals surface area contributed by atoms with Crippen LogP contribution in [-0.4, -0.2) is 22.9 Å². The summed E-state index contributed by atoms with van der Waals surface area (Å²) >= 11 is 0. The smallest absolute Gasteiger partial charge is 0.313 e. The van der Waals surface area contributed by atoms with Crippen molar-refractivity contribution in [3.05, 3.63) is 34.2 Å². The number of carbonyl (C=O) groups excluding carboxylic acids is 2. The van der Waals surface area contributed by atoms with Crippen LogP contribution in [0.25, 0.3) is 0 Å². The van der Waals surface area contributed by atoms with Gasteiger partial charge in [0.05, 0.1) is 13.2 Å². The molecule has 1 rings (SSSR count). The number of carbonyl (C=O) groups is 2. The predicted molar refractivity (Wildman–Crippen MR) is 61.7 cm³/mol. The number of rotatable bonds is 5. The second-order valence-electron chi connectivity index (χ2n) is 3.61. The fourth-order valence-corrected chi connectivity index (χ4v) is 1.43. The van der Waals surface area contributed by atoms with Crippen LogP contribution in [0.4, 0.5) is 0 Å². The van der Waals surface area contributed by atoms with Crippen LogP contribution in [-0.2, 0) is 20.9 Å². The van der Waals surface area contributed by atoms with Crippen LogP contribution in [0.15, 0.2) is 23.0 Å². The lowest BCUT2D eigenvalue weighted by atomic mass is 10.2. The van der Waals surface area contributed by atoms with E-state index < -0.39 is 5.97 Å². The molecule has 1 heterocycles. The molecule has 5 heteroatoms. The van der Waals surface area contributed by atoms with Gasteiger partial charge in [0, 0.05) is 11.8 Å². The number of Topliss-reactive ketones (excluding diaryl/α,β-unsaturated/α-hetero) is 1. The Morgan fingerprint density at radius 2 is 2.06 bits per heavy atom. The van der Waals surface area contributed by atoms with Crippen molar-refractivity contribution in [2.75, 3.05) is 6.61 Å². The minimum Gasteiger partial charge on any atom is -0.466 e. The van der Waals surface area contributed by atoms with Crippen molar-refractivity contribution in [3.63, 3.8) is 0 Å². The lowest BCUT2D eigenvalue weighted by molar-refractivity contribution is -0.145. The van der Waals surface area contributed by atoms with Crippen LogP contribution >= 0.6 is 0 Å². The highest BCUT2D eigenvalue weighted by Crippen LogP contribution is 1.97. The van der Waals surface area contributed by atoms with Crippen molar-refractivity contribution >= 4 is 11.8 Å². The molecule has 0 aromatic carbocycles. The van der Waals surface area contributed by atoms with Gasteiger partial charge in [0.1, 0.15) is 6.42 Å². The molecule has 5 nitrogen and oxygen atoms in total. The Kier molecular flexibility index (Phi) is 4.63. The molecule has 0 bridgehead atoms. The quantitative estimate of drug-likeness (QED) is 0.558. The topological polar surface area (TPSA) is 65.4 Å². The number of pyridine rings is 1. The van der Waals surface area contributed by atoms with Gasteiger partial charge in [-0.05, 0) is 19.9 Å². The molecule has 0 N–H and O–H groups in total. The summed E-state index contributed by atoms with van der Waals surface area (Å²) in [6.45, 7) is 3.56. The standard InChI is InChI=1S/C12H15NO4/c1-3-17-12(16)7-10(14)8-13-9(2)5-4-6-11(13)15/h4-6H,3,7-8H2,1-2H3. The highest BCUT2D eigenvalue weighted by atomic mass is 16.5. The third kappa shape index (κ3) is 3.86. The number of hydrogen-bond acceptors (Lipinski definition) is 4. The van der Waals surface area contributed by atoms with E-state index in [9.17, 15) is 14.4 Å². The van der Waals surface area contributed by atoms with Crippen molar-refractivity contribution in [1.82, 2.24) is 4.57 Å². The van der Waals surface area contributed by atoms with Gasteiger partial charge in [0.15, 0.2) is 5.78 Å². The van der Waals surface area contributed by atoms with Crippen LogP contribution < -0.4 is 5.56 Å². The monoisotopic (exact) mass is 237 g/mol. The number of ketones is 1. The predicted octanol–water partition coefficient (Wildman–Crippen LogP) is 0.679. The van der Waals surface area contributed by atoms with Gasteiger partial charge < -0.3 is 9.30 Å². The maximum absolute atomic E-state index is 11.5. The number of esters is 1. The van der Waals surface area contributed by atoms with E-state index in [0.717, 1.165) is 0 Å². The second kappa shape index (κ2) is 5.98. The molecule has 0 aliphatic rings. The van der Waals surface area contributed by atoms with Gasteiger partial charge in [-0.1, -0.05) is 6.07 Å². The van der Waals surface area contributed by atoms with E-state index in [1.807, 2.05) is 0 Å². The van der Waals surface area contributed by atoms with E-state index in [1.54, 1.807) is 26.0 Å². The zero-order chi connectivity index (χ0) is 12.8. The summed E-state index contributed by atoms with van der Waals surface area (Å²) in [4.78, 5) is 34.1. The fraction of sp³-hybridized carbons (Fsp3) is 0.417. The van der Waals surface area contributed by atoms with Crippen molar-refractivity contribution in [2.24, 2.45) is 0 Å². The summed E-state index contributed by atoms with van der Waals surface area (Å²) in [5.74, 6) is -0.890. The first kappa shape index (κ1) is 13.2. The average molecular weight is 237 g/mol. The summed E-state index contributed by atoms with van der Waals surface area (Å²) in [6, 6.07) is 4.74. The highest BCUT2D eigenvalue weighted by Gasteiger charge is 2.12. The molecule has 0 amide bonds. The Labute approximate surface area is 99.0 Å². The molecule has 0 saturated carbocycles. The molecule has 0 atom stereocenters. The largest absolute Gasteiger partial charge is 0.466 e. The third-order valence-corrected chi connectivity index (χ3v) is 2.25. The maximum atomic E-state index is 11.5. The molecule has 0 radical (unpaired) electrons. The van der Waals surface area contributed by atoms with Crippen LogP contribution in [0.2, 0.25) is 0 Å². The molecule has 0 unspecified atom stereocenters. The summed E-state index contributed by atoms with van der Waals surface area (Å²) in [5.41, 5.74) is 0.442. The molecule has 0 aliphatic carbocycles. The number of nitrogens with zero attached hydrogens (tertiary/aromatic N) is 1. The fourth-order valence-electron chi connectivity index (χ4n) is 1.43. The van der Waals surface area contributed by atoms with E-state index in [0.29, 0.717) is 5.69 Å². The maximum Gasteiger partial charge on any atom is 0.313 e. The first-order chi connectivity index (χ1) is 8.04. The van der Waals surface area contributed by atoms with Gasteiger partial charge in [0.25, 0.3) is 5.56 Å². The number of aryl methyl sites for hydroxylation is 1. The molecule has 0 fully saturated rings. The molecule has 1 aromatic rings. The molecule has 0 spiro atoms. The van der Waals surface area contributed by atoms with E-state index >= 15 is 0 Å². The van der Waals surface area contributed by atoms with Gasteiger partial charge in [-0.3, -0.25) is 14.4 Å². The minimum absolute atomic E-state index is 0.0929. The average Bonchev–Trinajstić information content (AvgIpc) is 2.24. The van der Waals surface area contributed by atoms with Crippen LogP contribution in [0, 0.1) is 6.92 Å². The van der Waals surface area contributed by atoms with Crippen LogP contribution in [0.5, 0.6) is 0 Å². The van der Waals surface area contributed by atoms with Crippen LogP contribution in [0.3, 0.4) is 0 Å². The normalized spacial score (nSPS) is 10.0. The Morgan fingerprint density at radius 3 is 2.65 bits per heavy atom. The lowest BCUT2D eigenvalue weighted by Gasteiger charge is -2.07. The SMILES string of the molecule is CCOC(=O)CC(=O)Cn1c(C)cccc1=O. The van der Waals surface area contributed by atoms with Gasteiger partial charge in [-0.25, -0.2) is 0 Å². The first-order valence-electron chi connectivity index (χ1n) is 5.38. The Hall–Kier alpha value is -1.91. The minimum atomic E-state index is -0.556. The van der Waals surface area contributed by atoms with E-state index in [-0.39, 0.29) is 30.9 Å². The van der Waals surface area contributed by atoms with Gasteiger partial charge in [0.2, 0.25) is 0 Å². The van der Waals surface area contributed by atoms with Crippen LogP contribution in [0.1, 0.15) is 19.0 Å². The summed E-state index contributed by atoms with van der Waals surface area (Å²) in [7, 11) is 0. The first-order valence-corrected chi connectivity index (χ1v) is 5.38. The Morgan fingerprint density at radius 1 is 1.35 bits per heavy atom. The molecule has 17 heavy (non-hydrogen) atoms. The summed E-state index contributed by atoms with van der Waals surface area (Å²) in [6.07, 6.45) is -0.297.